The third kappa shape index (κ3) is 21.0. The number of rotatable bonds is 26. The Morgan fingerprint density at radius 3 is 1.22 bits per heavy atom. The van der Waals surface area contributed by atoms with E-state index in [1.165, 1.54) is 65.6 Å². The zero-order valence-electron chi connectivity index (χ0n) is 55.6. The second kappa shape index (κ2) is 37.7. The number of methoxy groups -OCH3 is 3. The van der Waals surface area contributed by atoms with Crippen molar-refractivity contribution in [2.24, 2.45) is 0 Å². The Morgan fingerprint density at radius 1 is 0.416 bits per heavy atom. The fourth-order valence-electron chi connectivity index (χ4n) is 9.95. The van der Waals surface area contributed by atoms with Crippen LogP contribution in [0, 0.1) is 47.4 Å². The van der Waals surface area contributed by atoms with Crippen molar-refractivity contribution in [1.29, 1.82) is 0 Å². The van der Waals surface area contributed by atoms with Gasteiger partial charge in [-0.3, -0.25) is 0 Å². The van der Waals surface area contributed by atoms with Gasteiger partial charge in [-0.15, -0.1) is 45.3 Å². The van der Waals surface area contributed by atoms with Crippen LogP contribution in [0.1, 0.15) is 97.0 Å². The molecule has 5 atom stereocenters. The van der Waals surface area contributed by atoms with E-state index in [4.69, 9.17) is 66.3 Å². The lowest BCUT2D eigenvalue weighted by atomic mass is 9.91. The molecular formula is C77H68O20S4. The SMILES string of the molecule is CCOC(=O)c1ccc(C#Cc2ccc(-c3ccc(C#Cc4ccc5c(c4)-c4cc(C#Cc6ccc(-c7ccc(C#Cc8ccc(C(=O)OCC)cc8)s7)s6)ccc4C(=O)O[C@H]4[C@@H](OC)O[C@H](COC(=O)COCCOCCOC)[C@@H](OC(=O)COCCOCCOC)[C@@H]4OC5=O)s3)s2)cc1. The van der Waals surface area contributed by atoms with Crippen molar-refractivity contribution in [2.45, 2.75) is 44.6 Å². The molecule has 0 spiro atoms. The van der Waals surface area contributed by atoms with Gasteiger partial charge in [0.1, 0.15) is 25.9 Å². The maximum absolute atomic E-state index is 15.2. The average Bonchev–Trinajstić information content (AvgIpc) is 1.51. The third-order valence-electron chi connectivity index (χ3n) is 14.8. The lowest BCUT2D eigenvalue weighted by molar-refractivity contribution is -0.296. The number of esters is 6. The monoisotopic (exact) mass is 1440 g/mol. The van der Waals surface area contributed by atoms with Gasteiger partial charge in [-0.2, -0.15) is 0 Å². The Bertz CT molecular complexity index is 4480. The molecule has 24 heteroatoms. The predicted octanol–water partition coefficient (Wildman–Crippen LogP) is 11.1. The van der Waals surface area contributed by atoms with Gasteiger partial charge < -0.3 is 66.3 Å². The van der Waals surface area contributed by atoms with E-state index in [9.17, 15) is 19.2 Å². The Kier molecular flexibility index (Phi) is 27.7. The molecule has 0 aliphatic carbocycles. The van der Waals surface area contributed by atoms with E-state index in [0.29, 0.717) is 48.7 Å². The first-order chi connectivity index (χ1) is 49.3. The summed E-state index contributed by atoms with van der Waals surface area (Å²) in [7, 11) is 4.36. The summed E-state index contributed by atoms with van der Waals surface area (Å²) in [5.74, 6) is 21.5. The molecule has 1 fully saturated rings. The minimum absolute atomic E-state index is 0.00276. The van der Waals surface area contributed by atoms with Gasteiger partial charge in [-0.1, -0.05) is 47.4 Å². The van der Waals surface area contributed by atoms with Gasteiger partial charge in [-0.25, -0.2) is 28.8 Å². The number of carbonyl (C=O) groups excluding carboxylic acids is 6. The molecular weight excluding hydrogens is 1370 g/mol. The summed E-state index contributed by atoms with van der Waals surface area (Å²) in [6.07, 6.45) is -7.73. The summed E-state index contributed by atoms with van der Waals surface area (Å²) in [6.45, 7) is 4.20. The van der Waals surface area contributed by atoms with Gasteiger partial charge in [0.25, 0.3) is 0 Å². The Labute approximate surface area is 599 Å². The second-order valence-corrected chi connectivity index (χ2v) is 26.1. The van der Waals surface area contributed by atoms with E-state index in [1.807, 2.05) is 48.5 Å². The van der Waals surface area contributed by atoms with Crippen LogP contribution >= 0.6 is 45.3 Å². The van der Waals surface area contributed by atoms with Crippen LogP contribution < -0.4 is 0 Å². The topological polar surface area (TPSA) is 232 Å². The Hall–Kier alpha value is -9.58. The fraction of sp³-hybridized carbons (Fsp3) is 0.299. The zero-order valence-corrected chi connectivity index (χ0v) is 58.8. The van der Waals surface area contributed by atoms with E-state index in [-0.39, 0.29) is 67.9 Å². The zero-order chi connectivity index (χ0) is 70.9. The molecule has 4 aromatic heterocycles. The molecule has 0 unspecified atom stereocenters. The number of hydrogen-bond acceptors (Lipinski definition) is 24. The predicted molar refractivity (Wildman–Crippen MR) is 378 cm³/mol. The van der Waals surface area contributed by atoms with Crippen LogP contribution in [-0.2, 0) is 75.9 Å². The molecule has 520 valence electrons. The van der Waals surface area contributed by atoms with Crippen molar-refractivity contribution in [1.82, 2.24) is 0 Å². The number of fused-ring (bicyclic) bond motifs is 4. The van der Waals surface area contributed by atoms with Crippen LogP contribution in [0.2, 0.25) is 0 Å². The Balaban J connectivity index is 0.945. The normalized spacial score (nSPS) is 15.9. The van der Waals surface area contributed by atoms with Crippen LogP contribution in [0.15, 0.2) is 133 Å². The van der Waals surface area contributed by atoms with Crippen molar-refractivity contribution in [3.05, 3.63) is 197 Å². The molecule has 2 aliphatic rings. The van der Waals surface area contributed by atoms with E-state index < -0.39 is 80.4 Å². The summed E-state index contributed by atoms with van der Waals surface area (Å²) in [6, 6.07) is 39.3. The van der Waals surface area contributed by atoms with Crippen molar-refractivity contribution in [2.75, 3.05) is 107 Å². The van der Waals surface area contributed by atoms with Crippen molar-refractivity contribution in [3.63, 3.8) is 0 Å². The molecule has 0 bridgehead atoms. The van der Waals surface area contributed by atoms with Crippen molar-refractivity contribution in [3.8, 4) is 78.0 Å². The molecule has 0 N–H and O–H groups in total. The first-order valence-electron chi connectivity index (χ1n) is 31.8. The quantitative estimate of drug-likeness (QED) is 0.0212. The number of benzene rings is 4. The highest BCUT2D eigenvalue weighted by molar-refractivity contribution is 7.23. The van der Waals surface area contributed by atoms with E-state index >= 15 is 9.59 Å². The molecule has 20 nitrogen and oxygen atoms in total. The van der Waals surface area contributed by atoms with Crippen LogP contribution in [0.25, 0.3) is 30.6 Å². The maximum Gasteiger partial charge on any atom is 0.339 e. The van der Waals surface area contributed by atoms with Crippen molar-refractivity contribution >= 4 is 81.2 Å². The minimum Gasteiger partial charge on any atom is -0.462 e. The standard InChI is InChI=1S/C77H68O20S4/c1-6-91-73(80)53-18-8-49(9-19-53)12-22-55-26-32-64(98-55)66-34-28-57(100-66)24-14-51-16-30-59-61(44-51)62-45-52(15-25-58-29-35-67(101-58)65-33-27-56(99-65)23-13-50-10-20-54(21-11-50)74(81)92-7-2)17-31-60(62)76(83)97-72-71(96-75(59)82)70(95-69(79)48-90-43-41-88-39-37-85-4)63(94-77(72)86-5)46-93-68(78)47-89-42-40-87-38-36-84-3/h8-11,16-21,26-35,44-45,63,70-72,77H,6-7,36-43,46-48H2,1-5H3/t63-,70-,71+,72-,77+/m1/s1. The van der Waals surface area contributed by atoms with E-state index in [1.54, 1.807) is 99.8 Å². The van der Waals surface area contributed by atoms with Crippen molar-refractivity contribution < 1.29 is 95.1 Å². The van der Waals surface area contributed by atoms with Gasteiger partial charge in [0.05, 0.1) is 108 Å². The first-order valence-corrected chi connectivity index (χ1v) is 35.1. The lowest BCUT2D eigenvalue weighted by Crippen LogP contribution is -2.63. The van der Waals surface area contributed by atoms with Crippen LogP contribution in [0.4, 0.5) is 0 Å². The van der Waals surface area contributed by atoms with Crippen LogP contribution in [0.5, 0.6) is 0 Å². The largest absolute Gasteiger partial charge is 0.462 e. The highest BCUT2D eigenvalue weighted by Crippen LogP contribution is 2.38. The summed E-state index contributed by atoms with van der Waals surface area (Å²) < 4.78 is 78.5. The van der Waals surface area contributed by atoms with E-state index in [0.717, 1.165) is 50.1 Å². The number of carbonyl (C=O) groups is 6. The Morgan fingerprint density at radius 2 is 0.802 bits per heavy atom. The lowest BCUT2D eigenvalue weighted by Gasteiger charge is -2.44. The molecule has 8 aromatic rings. The molecule has 1 saturated heterocycles. The molecule has 10 rings (SSSR count). The maximum atomic E-state index is 15.2. The summed E-state index contributed by atoms with van der Waals surface area (Å²) in [5.41, 5.74) is 3.82. The van der Waals surface area contributed by atoms with Crippen LogP contribution in [0.3, 0.4) is 0 Å². The molecule has 4 aromatic carbocycles. The summed E-state index contributed by atoms with van der Waals surface area (Å²) >= 11 is 6.02. The van der Waals surface area contributed by atoms with Gasteiger partial charge in [-0.05, 0) is 158 Å². The molecule has 6 heterocycles. The van der Waals surface area contributed by atoms with Crippen LogP contribution in [-0.4, -0.2) is 174 Å². The fourth-order valence-corrected chi connectivity index (χ4v) is 13.6. The second-order valence-electron chi connectivity index (χ2n) is 21.7. The van der Waals surface area contributed by atoms with Gasteiger partial charge in [0.15, 0.2) is 24.6 Å². The highest BCUT2D eigenvalue weighted by atomic mass is 32.1. The number of hydrogen-bond donors (Lipinski definition) is 0. The molecule has 0 radical (unpaired) electrons. The molecule has 0 saturated carbocycles. The number of thiophene rings is 4. The summed E-state index contributed by atoms with van der Waals surface area (Å²) in [5, 5.41) is 0. The van der Waals surface area contributed by atoms with Gasteiger partial charge >= 0.3 is 35.8 Å². The molecule has 101 heavy (non-hydrogen) atoms. The molecule has 2 aliphatic heterocycles. The van der Waals surface area contributed by atoms with Gasteiger partial charge in [0, 0.05) is 63.1 Å². The number of ether oxygens (including phenoxy) is 14. The summed E-state index contributed by atoms with van der Waals surface area (Å²) in [4.78, 5) is 88.6. The smallest absolute Gasteiger partial charge is 0.339 e. The van der Waals surface area contributed by atoms with Gasteiger partial charge in [0.2, 0.25) is 0 Å². The first kappa shape index (κ1) is 74.1. The highest BCUT2D eigenvalue weighted by Gasteiger charge is 2.54. The van der Waals surface area contributed by atoms with E-state index in [2.05, 4.69) is 47.4 Å². The average molecular weight is 1440 g/mol. The minimum atomic E-state index is -1.65. The molecule has 0 amide bonds. The third-order valence-corrected chi connectivity index (χ3v) is 19.2.